The third-order valence-electron chi connectivity index (χ3n) is 6.39. The zero-order chi connectivity index (χ0) is 23.6. The van der Waals surface area contributed by atoms with Gasteiger partial charge in [-0.25, -0.2) is 5.48 Å². The molecule has 2 heterocycles. The first-order chi connectivity index (χ1) is 17.3. The first-order valence-electron chi connectivity index (χ1n) is 11.6. The van der Waals surface area contributed by atoms with Crippen molar-refractivity contribution in [3.8, 4) is 5.75 Å². The van der Waals surface area contributed by atoms with Crippen LogP contribution in [0, 0.1) is 0 Å². The van der Waals surface area contributed by atoms with E-state index < -0.39 is 0 Å². The molecule has 0 aliphatic carbocycles. The molecule has 35 heavy (non-hydrogen) atoms. The Hall–Kier alpha value is -4.70. The molecule has 0 saturated carbocycles. The van der Waals surface area contributed by atoms with Gasteiger partial charge in [0.05, 0.1) is 6.26 Å². The molecule has 3 N–H and O–H groups in total. The van der Waals surface area contributed by atoms with E-state index >= 15 is 0 Å². The van der Waals surface area contributed by atoms with Gasteiger partial charge in [0.25, 0.3) is 0 Å². The van der Waals surface area contributed by atoms with E-state index in [9.17, 15) is 0 Å². The topological polar surface area (TPSA) is 60.4 Å². The molecule has 4 nitrogen and oxygen atoms in total. The fourth-order valence-electron chi connectivity index (χ4n) is 4.67. The van der Waals surface area contributed by atoms with Gasteiger partial charge in [0.2, 0.25) is 0 Å². The molecule has 0 atom stereocenters. The Bertz CT molecular complexity index is 1610. The number of furan rings is 1. The van der Waals surface area contributed by atoms with E-state index in [1.54, 1.807) is 6.26 Å². The van der Waals surface area contributed by atoms with Crippen molar-refractivity contribution in [1.82, 2.24) is 5.48 Å². The van der Waals surface area contributed by atoms with Crippen LogP contribution in [0.3, 0.4) is 0 Å². The van der Waals surface area contributed by atoms with E-state index in [1.165, 1.54) is 32.3 Å². The summed E-state index contributed by atoms with van der Waals surface area (Å²) >= 11 is 0. The van der Waals surface area contributed by atoms with Crippen LogP contribution in [0.25, 0.3) is 37.9 Å². The lowest BCUT2D eigenvalue weighted by molar-refractivity contribution is 0.222. The predicted octanol–water partition coefficient (Wildman–Crippen LogP) is 7.19. The first-order valence-corrected chi connectivity index (χ1v) is 11.6. The second-order valence-electron chi connectivity index (χ2n) is 8.52. The van der Waals surface area contributed by atoms with Crippen LogP contribution < -0.4 is 16.1 Å². The summed E-state index contributed by atoms with van der Waals surface area (Å²) in [6, 6.07) is 37.6. The van der Waals surface area contributed by atoms with Crippen LogP contribution in [0.5, 0.6) is 5.75 Å². The highest BCUT2D eigenvalue weighted by Gasteiger charge is 2.19. The first kappa shape index (κ1) is 20.9. The minimum Gasteiger partial charge on any atom is -0.469 e. The number of hydroxylamine groups is 1. The molecule has 7 rings (SSSR count). The van der Waals surface area contributed by atoms with Crippen molar-refractivity contribution < 1.29 is 9.25 Å². The van der Waals surface area contributed by atoms with Crippen LogP contribution in [0.1, 0.15) is 11.3 Å². The van der Waals surface area contributed by atoms with E-state index in [-0.39, 0.29) is 0 Å². The van der Waals surface area contributed by atoms with E-state index in [1.807, 2.05) is 36.4 Å². The van der Waals surface area contributed by atoms with Crippen LogP contribution in [0.2, 0.25) is 0 Å². The quantitative estimate of drug-likeness (QED) is 0.271. The second kappa shape index (κ2) is 8.92. The monoisotopic (exact) mass is 456 g/mol. The molecule has 0 fully saturated rings. The van der Waals surface area contributed by atoms with Crippen molar-refractivity contribution in [3.63, 3.8) is 0 Å². The third kappa shape index (κ3) is 3.96. The molecule has 0 radical (unpaired) electrons. The van der Waals surface area contributed by atoms with Crippen LogP contribution >= 0.6 is 0 Å². The summed E-state index contributed by atoms with van der Waals surface area (Å²) in [6.45, 7) is 0. The molecular formula is C31H24N2O2. The van der Waals surface area contributed by atoms with Gasteiger partial charge in [0, 0.05) is 17.6 Å². The second-order valence-corrected chi connectivity index (χ2v) is 8.52. The van der Waals surface area contributed by atoms with Crippen molar-refractivity contribution in [1.29, 1.82) is 0 Å². The molecule has 6 aromatic rings. The molecule has 5 aromatic carbocycles. The van der Waals surface area contributed by atoms with Crippen LogP contribution in [0.15, 0.2) is 126 Å². The van der Waals surface area contributed by atoms with E-state index in [0.29, 0.717) is 12.2 Å². The standard InChI is InChI=1S/C18H12.C13H12N2O2/c1-3-7-15-13(5-1)9-11-18-16-8-4-2-6-14(16)10-12-17(15)18;14-13-11(8-9-4-3-7-16-9)10-5-1-2-6-12(10)17-15-13/h1-12H;1-7,15H,8,14H2. The molecule has 0 amide bonds. The van der Waals surface area contributed by atoms with Crippen molar-refractivity contribution >= 4 is 37.9 Å². The molecule has 170 valence electrons. The van der Waals surface area contributed by atoms with Crippen molar-refractivity contribution in [2.75, 3.05) is 0 Å². The summed E-state index contributed by atoms with van der Waals surface area (Å²) in [6.07, 6.45) is 2.30. The van der Waals surface area contributed by atoms with E-state index in [2.05, 4.69) is 78.3 Å². The molecular weight excluding hydrogens is 432 g/mol. The van der Waals surface area contributed by atoms with Gasteiger partial charge in [-0.3, -0.25) is 0 Å². The van der Waals surface area contributed by atoms with Gasteiger partial charge in [-0.2, -0.15) is 0 Å². The van der Waals surface area contributed by atoms with E-state index in [4.69, 9.17) is 15.0 Å². The molecule has 1 aliphatic rings. The average Bonchev–Trinajstić information content (AvgIpc) is 3.44. The number of benzene rings is 5. The number of fused-ring (bicyclic) bond motifs is 6. The van der Waals surface area contributed by atoms with Crippen LogP contribution in [0.4, 0.5) is 0 Å². The Morgan fingerprint density at radius 2 is 1.23 bits per heavy atom. The fourth-order valence-corrected chi connectivity index (χ4v) is 4.67. The summed E-state index contributed by atoms with van der Waals surface area (Å²) in [7, 11) is 0. The average molecular weight is 457 g/mol. The predicted molar refractivity (Wildman–Crippen MR) is 143 cm³/mol. The number of allylic oxidation sites excluding steroid dienone is 1. The molecule has 0 saturated heterocycles. The van der Waals surface area contributed by atoms with Crippen molar-refractivity contribution in [3.05, 3.63) is 133 Å². The maximum atomic E-state index is 5.91. The Labute approximate surface area is 203 Å². The number of hydrogen-bond donors (Lipinski definition) is 2. The summed E-state index contributed by atoms with van der Waals surface area (Å²) in [5, 5.41) is 7.96. The smallest absolute Gasteiger partial charge is 0.162 e. The Morgan fingerprint density at radius 3 is 1.89 bits per heavy atom. The zero-order valence-electron chi connectivity index (χ0n) is 19.1. The summed E-state index contributed by atoms with van der Waals surface area (Å²) < 4.78 is 5.34. The maximum absolute atomic E-state index is 5.91. The van der Waals surface area contributed by atoms with Gasteiger partial charge in [0.15, 0.2) is 5.75 Å². The number of rotatable bonds is 2. The Balaban J connectivity index is 0.000000131. The maximum Gasteiger partial charge on any atom is 0.162 e. The van der Waals surface area contributed by atoms with Gasteiger partial charge in [-0.05, 0) is 50.5 Å². The van der Waals surface area contributed by atoms with Crippen molar-refractivity contribution in [2.24, 2.45) is 5.73 Å². The normalized spacial score (nSPS) is 12.6. The van der Waals surface area contributed by atoms with Crippen LogP contribution in [-0.4, -0.2) is 0 Å². The number of hydrogen-bond acceptors (Lipinski definition) is 4. The zero-order valence-corrected chi connectivity index (χ0v) is 19.1. The largest absolute Gasteiger partial charge is 0.469 e. The van der Waals surface area contributed by atoms with E-state index in [0.717, 1.165) is 22.6 Å². The number of nitrogens with one attached hydrogen (secondary N) is 1. The SMILES string of the molecule is NC1=C(Cc2ccco2)c2ccccc2ON1.c1ccc2c(c1)ccc1c3ccccc3ccc21. The van der Waals surface area contributed by atoms with Gasteiger partial charge < -0.3 is 15.0 Å². The summed E-state index contributed by atoms with van der Waals surface area (Å²) in [4.78, 5) is 5.32. The van der Waals surface area contributed by atoms with Gasteiger partial charge >= 0.3 is 0 Å². The lowest BCUT2D eigenvalue weighted by Gasteiger charge is -2.21. The lowest BCUT2D eigenvalue weighted by Crippen LogP contribution is -2.29. The van der Waals surface area contributed by atoms with Gasteiger partial charge in [-0.1, -0.05) is 91.0 Å². The summed E-state index contributed by atoms with van der Waals surface area (Å²) in [5.74, 6) is 2.19. The molecule has 0 unspecified atom stereocenters. The third-order valence-corrected chi connectivity index (χ3v) is 6.39. The van der Waals surface area contributed by atoms with Crippen molar-refractivity contribution in [2.45, 2.75) is 6.42 Å². The van der Waals surface area contributed by atoms with Gasteiger partial charge in [-0.15, -0.1) is 0 Å². The minimum atomic E-state index is 0.528. The highest BCUT2D eigenvalue weighted by Crippen LogP contribution is 2.32. The number of para-hydroxylation sites is 1. The van der Waals surface area contributed by atoms with Gasteiger partial charge in [0.1, 0.15) is 11.6 Å². The minimum absolute atomic E-state index is 0.528. The molecule has 1 aliphatic heterocycles. The Morgan fingerprint density at radius 1 is 0.600 bits per heavy atom. The Kier molecular flexibility index (Phi) is 5.32. The molecule has 1 aromatic heterocycles. The molecule has 0 bridgehead atoms. The molecule has 0 spiro atoms. The highest BCUT2D eigenvalue weighted by atomic mass is 16.6. The lowest BCUT2D eigenvalue weighted by atomic mass is 9.97. The molecule has 4 heteroatoms. The number of nitrogens with two attached hydrogens (primary N) is 1. The van der Waals surface area contributed by atoms with Crippen LogP contribution in [-0.2, 0) is 6.42 Å². The summed E-state index contributed by atoms with van der Waals surface area (Å²) in [5.41, 5.74) is 10.6. The highest BCUT2D eigenvalue weighted by molar-refractivity contribution is 6.17. The fraction of sp³-hybridized carbons (Fsp3) is 0.0323.